The van der Waals surface area contributed by atoms with Gasteiger partial charge < -0.3 is 5.32 Å². The second kappa shape index (κ2) is 7.40. The number of nitrogens with zero attached hydrogens (tertiary/aromatic N) is 5. The highest BCUT2D eigenvalue weighted by Gasteiger charge is 2.27. The SMILES string of the molecule is CCn1cc([N+](=O)[O-])c(C(=O)Nc2c(C)nn(Cc3ccccc3)c2C)n1. The molecule has 0 radical (unpaired) electrons. The summed E-state index contributed by atoms with van der Waals surface area (Å²) in [5.41, 5.74) is 2.49. The van der Waals surface area contributed by atoms with Crippen LogP contribution in [0.2, 0.25) is 0 Å². The molecule has 1 amide bonds. The van der Waals surface area contributed by atoms with Gasteiger partial charge in [0.15, 0.2) is 0 Å². The topological polar surface area (TPSA) is 108 Å². The number of hydrogen-bond acceptors (Lipinski definition) is 5. The molecule has 3 rings (SSSR count). The molecule has 27 heavy (non-hydrogen) atoms. The highest BCUT2D eigenvalue weighted by molar-refractivity contribution is 6.06. The Morgan fingerprint density at radius 2 is 1.93 bits per heavy atom. The van der Waals surface area contributed by atoms with Crippen LogP contribution in [0, 0.1) is 24.0 Å². The molecule has 0 aliphatic rings. The van der Waals surface area contributed by atoms with Gasteiger partial charge in [-0.1, -0.05) is 30.3 Å². The van der Waals surface area contributed by atoms with Gasteiger partial charge in [-0.05, 0) is 26.3 Å². The Morgan fingerprint density at radius 3 is 2.56 bits per heavy atom. The molecule has 0 spiro atoms. The van der Waals surface area contributed by atoms with Crippen LogP contribution < -0.4 is 5.32 Å². The van der Waals surface area contributed by atoms with Crippen molar-refractivity contribution in [3.63, 3.8) is 0 Å². The second-order valence-electron chi connectivity index (χ2n) is 6.12. The Hall–Kier alpha value is -3.49. The third kappa shape index (κ3) is 3.71. The summed E-state index contributed by atoms with van der Waals surface area (Å²) < 4.78 is 3.16. The fraction of sp³-hybridized carbons (Fsp3) is 0.278. The third-order valence-electron chi connectivity index (χ3n) is 4.27. The molecule has 0 unspecified atom stereocenters. The molecule has 140 valence electrons. The van der Waals surface area contributed by atoms with Crippen LogP contribution in [0.1, 0.15) is 34.4 Å². The Morgan fingerprint density at radius 1 is 1.22 bits per heavy atom. The Balaban J connectivity index is 1.87. The number of carbonyl (C=O) groups excluding carboxylic acids is 1. The van der Waals surface area contributed by atoms with Gasteiger partial charge >= 0.3 is 5.69 Å². The zero-order chi connectivity index (χ0) is 19.6. The number of amides is 1. The van der Waals surface area contributed by atoms with E-state index in [-0.39, 0.29) is 11.4 Å². The summed E-state index contributed by atoms with van der Waals surface area (Å²) in [7, 11) is 0. The molecule has 2 heterocycles. The molecule has 9 nitrogen and oxygen atoms in total. The molecule has 0 saturated heterocycles. The minimum absolute atomic E-state index is 0.212. The fourth-order valence-electron chi connectivity index (χ4n) is 2.83. The molecule has 2 aromatic heterocycles. The van der Waals surface area contributed by atoms with Gasteiger partial charge in [-0.3, -0.25) is 24.3 Å². The number of hydrogen-bond donors (Lipinski definition) is 1. The lowest BCUT2D eigenvalue weighted by Gasteiger charge is -2.06. The lowest BCUT2D eigenvalue weighted by Crippen LogP contribution is -2.16. The quantitative estimate of drug-likeness (QED) is 0.532. The van der Waals surface area contributed by atoms with Crippen LogP contribution in [0.4, 0.5) is 11.4 Å². The molecule has 0 aliphatic carbocycles. The van der Waals surface area contributed by atoms with Crippen LogP contribution in [-0.2, 0) is 13.1 Å². The van der Waals surface area contributed by atoms with Gasteiger partial charge in [-0.25, -0.2) is 0 Å². The van der Waals surface area contributed by atoms with E-state index < -0.39 is 10.8 Å². The molecule has 0 bridgehead atoms. The van der Waals surface area contributed by atoms with Crippen LogP contribution >= 0.6 is 0 Å². The summed E-state index contributed by atoms with van der Waals surface area (Å²) >= 11 is 0. The third-order valence-corrected chi connectivity index (χ3v) is 4.27. The van der Waals surface area contributed by atoms with Crippen molar-refractivity contribution in [2.24, 2.45) is 0 Å². The molecular formula is C18H20N6O3. The van der Waals surface area contributed by atoms with Crippen molar-refractivity contribution in [3.8, 4) is 0 Å². The van der Waals surface area contributed by atoms with Crippen molar-refractivity contribution in [2.45, 2.75) is 33.9 Å². The Kier molecular flexibility index (Phi) is 5.02. The van der Waals surface area contributed by atoms with E-state index in [1.54, 1.807) is 18.5 Å². The van der Waals surface area contributed by atoms with Crippen molar-refractivity contribution < 1.29 is 9.72 Å². The maximum atomic E-state index is 12.6. The summed E-state index contributed by atoms with van der Waals surface area (Å²) in [6, 6.07) is 9.84. The minimum Gasteiger partial charge on any atom is -0.317 e. The predicted octanol–water partition coefficient (Wildman–Crippen LogP) is 2.93. The van der Waals surface area contributed by atoms with Crippen molar-refractivity contribution in [1.29, 1.82) is 0 Å². The maximum absolute atomic E-state index is 12.6. The van der Waals surface area contributed by atoms with Gasteiger partial charge in [0, 0.05) is 6.54 Å². The number of rotatable bonds is 6. The summed E-state index contributed by atoms with van der Waals surface area (Å²) in [6.45, 7) is 6.41. The average Bonchev–Trinajstić information content (AvgIpc) is 3.20. The molecular weight excluding hydrogens is 348 g/mol. The Bertz CT molecular complexity index is 990. The zero-order valence-electron chi connectivity index (χ0n) is 15.3. The van der Waals surface area contributed by atoms with Crippen LogP contribution in [0.3, 0.4) is 0 Å². The van der Waals surface area contributed by atoms with Gasteiger partial charge in [-0.15, -0.1) is 0 Å². The van der Waals surface area contributed by atoms with Crippen LogP contribution in [0.5, 0.6) is 0 Å². The normalized spacial score (nSPS) is 10.8. The number of aryl methyl sites for hydroxylation is 2. The van der Waals surface area contributed by atoms with E-state index in [4.69, 9.17) is 0 Å². The standard InChI is InChI=1S/C18H20N6O3/c1-4-22-11-15(24(26)27)17(21-22)18(25)19-16-12(2)20-23(13(16)3)10-14-8-6-5-7-9-14/h5-9,11H,4,10H2,1-3H3,(H,19,25). The van der Waals surface area contributed by atoms with Gasteiger partial charge in [0.2, 0.25) is 5.69 Å². The van der Waals surface area contributed by atoms with E-state index in [1.165, 1.54) is 10.9 Å². The van der Waals surface area contributed by atoms with Gasteiger partial charge in [-0.2, -0.15) is 10.2 Å². The van der Waals surface area contributed by atoms with E-state index in [2.05, 4.69) is 15.5 Å². The van der Waals surface area contributed by atoms with Gasteiger partial charge in [0.25, 0.3) is 5.91 Å². The number of nitro groups is 1. The van der Waals surface area contributed by atoms with E-state index in [0.29, 0.717) is 24.5 Å². The minimum atomic E-state index is -0.626. The predicted molar refractivity (Wildman–Crippen MR) is 99.8 cm³/mol. The summed E-state index contributed by atoms with van der Waals surface area (Å²) in [5, 5.41) is 22.4. The average molecular weight is 368 g/mol. The largest absolute Gasteiger partial charge is 0.320 e. The van der Waals surface area contributed by atoms with Gasteiger partial charge in [0.05, 0.1) is 28.5 Å². The van der Waals surface area contributed by atoms with Crippen LogP contribution in [0.25, 0.3) is 0 Å². The number of aromatic nitrogens is 4. The molecule has 1 N–H and O–H groups in total. The van der Waals surface area contributed by atoms with E-state index in [1.807, 2.05) is 37.3 Å². The van der Waals surface area contributed by atoms with Crippen LogP contribution in [0.15, 0.2) is 36.5 Å². The lowest BCUT2D eigenvalue weighted by atomic mass is 10.2. The number of benzene rings is 1. The van der Waals surface area contributed by atoms with E-state index in [0.717, 1.165) is 11.3 Å². The summed E-state index contributed by atoms with van der Waals surface area (Å²) in [6.07, 6.45) is 1.26. The molecule has 0 saturated carbocycles. The smallest absolute Gasteiger partial charge is 0.317 e. The first kappa shape index (κ1) is 18.3. The second-order valence-corrected chi connectivity index (χ2v) is 6.12. The maximum Gasteiger partial charge on any atom is 0.320 e. The molecule has 9 heteroatoms. The molecule has 0 fully saturated rings. The van der Waals surface area contributed by atoms with Gasteiger partial charge in [0.1, 0.15) is 6.20 Å². The lowest BCUT2D eigenvalue weighted by molar-refractivity contribution is -0.385. The highest BCUT2D eigenvalue weighted by atomic mass is 16.6. The first-order chi connectivity index (χ1) is 12.9. The summed E-state index contributed by atoms with van der Waals surface area (Å²) in [4.78, 5) is 23.2. The first-order valence-corrected chi connectivity index (χ1v) is 8.51. The number of nitrogens with one attached hydrogen (secondary N) is 1. The molecule has 0 atom stereocenters. The van der Waals surface area contributed by atoms with Crippen molar-refractivity contribution >= 4 is 17.3 Å². The first-order valence-electron chi connectivity index (χ1n) is 8.51. The number of anilines is 1. The van der Waals surface area contributed by atoms with Crippen LogP contribution in [-0.4, -0.2) is 30.4 Å². The summed E-state index contributed by atoms with van der Waals surface area (Å²) in [5.74, 6) is -0.626. The zero-order valence-corrected chi connectivity index (χ0v) is 15.3. The van der Waals surface area contributed by atoms with Crippen molar-refractivity contribution in [1.82, 2.24) is 19.6 Å². The number of carbonyl (C=O) groups is 1. The Labute approximate surface area is 155 Å². The highest BCUT2D eigenvalue weighted by Crippen LogP contribution is 2.23. The molecule has 1 aromatic carbocycles. The van der Waals surface area contributed by atoms with Crippen molar-refractivity contribution in [2.75, 3.05) is 5.32 Å². The van der Waals surface area contributed by atoms with E-state index >= 15 is 0 Å². The fourth-order valence-corrected chi connectivity index (χ4v) is 2.83. The monoisotopic (exact) mass is 368 g/mol. The van der Waals surface area contributed by atoms with Crippen molar-refractivity contribution in [3.05, 3.63) is 69.3 Å². The molecule has 3 aromatic rings. The molecule has 0 aliphatic heterocycles. The van der Waals surface area contributed by atoms with E-state index in [9.17, 15) is 14.9 Å².